The van der Waals surface area contributed by atoms with Crippen LogP contribution >= 0.6 is 15.9 Å². The molecule has 104 valence electrons. The zero-order valence-electron chi connectivity index (χ0n) is 10.1. The summed E-state index contributed by atoms with van der Waals surface area (Å²) in [5.74, 6) is 5.30. The van der Waals surface area contributed by atoms with Crippen molar-refractivity contribution in [2.75, 3.05) is 5.43 Å². The summed E-state index contributed by atoms with van der Waals surface area (Å²) < 4.78 is 1.63. The summed E-state index contributed by atoms with van der Waals surface area (Å²) in [4.78, 5) is 25.8. The molecule has 2 aromatic rings. The number of nitrogens with zero attached hydrogens (tertiary/aromatic N) is 3. The number of hydrogen-bond acceptors (Lipinski definition) is 6. The molecular weight excluding hydrogens is 330 g/mol. The number of rotatable bonds is 4. The predicted molar refractivity (Wildman–Crippen MR) is 76.2 cm³/mol. The molecule has 0 atom stereocenters. The summed E-state index contributed by atoms with van der Waals surface area (Å²) in [6.45, 7) is 0.273. The Morgan fingerprint density at radius 1 is 1.50 bits per heavy atom. The van der Waals surface area contributed by atoms with Gasteiger partial charge in [0.25, 0.3) is 5.43 Å². The minimum Gasteiger partial charge on any atom is -0.341 e. The smallest absolute Gasteiger partial charge is 0.333 e. The zero-order valence-corrected chi connectivity index (χ0v) is 11.7. The monoisotopic (exact) mass is 339 g/mol. The van der Waals surface area contributed by atoms with Crippen LogP contribution in [0.5, 0.6) is 0 Å². The zero-order chi connectivity index (χ0) is 14.7. The van der Waals surface area contributed by atoms with Crippen LogP contribution in [-0.2, 0) is 6.54 Å². The van der Waals surface area contributed by atoms with Crippen LogP contribution in [0.3, 0.4) is 0 Å². The number of hydrogen-bond donors (Lipinski definition) is 2. The average molecular weight is 340 g/mol. The molecule has 0 aliphatic carbocycles. The predicted octanol–water partition coefficient (Wildman–Crippen LogP) is 1.25. The van der Waals surface area contributed by atoms with Crippen molar-refractivity contribution in [2.45, 2.75) is 6.54 Å². The number of hydrazine groups is 1. The molecule has 9 heteroatoms. The van der Waals surface area contributed by atoms with Gasteiger partial charge in [0.1, 0.15) is 0 Å². The third-order valence-electron chi connectivity index (χ3n) is 2.54. The summed E-state index contributed by atoms with van der Waals surface area (Å²) in [7, 11) is 0. The fraction of sp³-hybridized carbons (Fsp3) is 0.0909. The van der Waals surface area contributed by atoms with Crippen molar-refractivity contribution >= 4 is 27.3 Å². The van der Waals surface area contributed by atoms with Crippen molar-refractivity contribution in [1.29, 1.82) is 0 Å². The van der Waals surface area contributed by atoms with E-state index < -0.39 is 16.0 Å². The number of nitrogens with one attached hydrogen (secondary N) is 1. The summed E-state index contributed by atoms with van der Waals surface area (Å²) >= 11 is 3.02. The Hall–Kier alpha value is -2.26. The van der Waals surface area contributed by atoms with Crippen LogP contribution in [0.15, 0.2) is 40.0 Å². The fourth-order valence-corrected chi connectivity index (χ4v) is 2.11. The molecular formula is C11H10BrN5O3. The molecule has 0 amide bonds. The van der Waals surface area contributed by atoms with Gasteiger partial charge in [0.15, 0.2) is 0 Å². The molecule has 0 spiro atoms. The van der Waals surface area contributed by atoms with E-state index in [0.29, 0.717) is 11.4 Å². The fourth-order valence-electron chi connectivity index (χ4n) is 1.64. The molecule has 0 aliphatic heterocycles. The first kappa shape index (κ1) is 14.2. The highest BCUT2D eigenvalue weighted by atomic mass is 79.9. The van der Waals surface area contributed by atoms with Crippen LogP contribution < -0.4 is 16.7 Å². The largest absolute Gasteiger partial charge is 0.341 e. The van der Waals surface area contributed by atoms with Crippen LogP contribution in [0, 0.1) is 10.1 Å². The molecule has 0 saturated carbocycles. The van der Waals surface area contributed by atoms with E-state index >= 15 is 0 Å². The Morgan fingerprint density at radius 2 is 2.25 bits per heavy atom. The first-order chi connectivity index (χ1) is 9.51. The minimum absolute atomic E-state index is 0.125. The number of nitrogen functional groups attached to an aromatic ring is 1. The van der Waals surface area contributed by atoms with E-state index in [4.69, 9.17) is 5.84 Å². The number of anilines is 1. The van der Waals surface area contributed by atoms with Crippen LogP contribution in [0.25, 0.3) is 0 Å². The SMILES string of the molecule is NNc1ccnc(Cn2cc(Br)c(=O)c([N+](=O)[O-])c2)c1. The van der Waals surface area contributed by atoms with Gasteiger partial charge in [-0.1, -0.05) is 0 Å². The van der Waals surface area contributed by atoms with Crippen molar-refractivity contribution in [3.63, 3.8) is 0 Å². The second-order valence-electron chi connectivity index (χ2n) is 3.93. The van der Waals surface area contributed by atoms with Gasteiger partial charge in [-0.3, -0.25) is 25.7 Å². The lowest BCUT2D eigenvalue weighted by atomic mass is 10.3. The van der Waals surface area contributed by atoms with Gasteiger partial charge in [-0.15, -0.1) is 0 Å². The van der Waals surface area contributed by atoms with Crippen LogP contribution in [0.1, 0.15) is 5.69 Å². The van der Waals surface area contributed by atoms with Crippen LogP contribution in [0.2, 0.25) is 0 Å². The van der Waals surface area contributed by atoms with Crippen molar-refractivity contribution in [1.82, 2.24) is 9.55 Å². The summed E-state index contributed by atoms with van der Waals surface area (Å²) in [5.41, 5.74) is 2.65. The molecule has 0 fully saturated rings. The molecule has 2 rings (SSSR count). The molecule has 2 heterocycles. The van der Waals surface area contributed by atoms with Gasteiger partial charge in [0.2, 0.25) is 0 Å². The Balaban J connectivity index is 2.38. The second-order valence-corrected chi connectivity index (χ2v) is 4.78. The lowest BCUT2D eigenvalue weighted by Gasteiger charge is -2.07. The van der Waals surface area contributed by atoms with Gasteiger partial charge in [-0.25, -0.2) is 0 Å². The van der Waals surface area contributed by atoms with E-state index in [0.717, 1.165) is 0 Å². The third-order valence-corrected chi connectivity index (χ3v) is 3.11. The highest BCUT2D eigenvalue weighted by Crippen LogP contribution is 2.13. The third kappa shape index (κ3) is 3.00. The molecule has 0 unspecified atom stereocenters. The minimum atomic E-state index is -0.713. The summed E-state index contributed by atoms with van der Waals surface area (Å²) in [5, 5.41) is 10.8. The summed E-state index contributed by atoms with van der Waals surface area (Å²) in [6.07, 6.45) is 4.22. The maximum absolute atomic E-state index is 11.6. The highest BCUT2D eigenvalue weighted by Gasteiger charge is 2.16. The van der Waals surface area contributed by atoms with E-state index in [9.17, 15) is 14.9 Å². The molecule has 3 N–H and O–H groups in total. The Morgan fingerprint density at radius 3 is 2.90 bits per heavy atom. The highest BCUT2D eigenvalue weighted by molar-refractivity contribution is 9.10. The molecule has 20 heavy (non-hydrogen) atoms. The van der Waals surface area contributed by atoms with Crippen molar-refractivity contribution in [3.8, 4) is 0 Å². The van der Waals surface area contributed by atoms with Crippen LogP contribution in [-0.4, -0.2) is 14.5 Å². The second kappa shape index (κ2) is 5.80. The van der Waals surface area contributed by atoms with Crippen molar-refractivity contribution < 1.29 is 4.92 Å². The van der Waals surface area contributed by atoms with Crippen LogP contribution in [0.4, 0.5) is 11.4 Å². The van der Waals surface area contributed by atoms with Gasteiger partial charge in [-0.2, -0.15) is 0 Å². The molecule has 0 bridgehead atoms. The average Bonchev–Trinajstić information content (AvgIpc) is 2.42. The number of halogens is 1. The number of nitro groups is 1. The maximum Gasteiger partial charge on any atom is 0.333 e. The Kier molecular flexibility index (Phi) is 4.11. The van der Waals surface area contributed by atoms with E-state index in [1.54, 1.807) is 18.3 Å². The van der Waals surface area contributed by atoms with E-state index in [-0.39, 0.29) is 11.0 Å². The normalized spacial score (nSPS) is 10.3. The lowest BCUT2D eigenvalue weighted by molar-refractivity contribution is -0.386. The number of nitrogens with two attached hydrogens (primary N) is 1. The topological polar surface area (TPSA) is 116 Å². The van der Waals surface area contributed by atoms with Gasteiger partial charge in [0.05, 0.1) is 33.5 Å². The quantitative estimate of drug-likeness (QED) is 0.492. The molecule has 0 radical (unpaired) electrons. The van der Waals surface area contributed by atoms with Gasteiger partial charge in [-0.05, 0) is 28.1 Å². The standard InChI is InChI=1S/C11H10BrN5O3/c12-9-5-16(6-10(11(9)18)17(19)20)4-8-3-7(15-13)1-2-14-8/h1-3,5-6H,4,13H2,(H,14,15). The molecule has 2 aromatic heterocycles. The molecule has 0 aromatic carbocycles. The number of aromatic nitrogens is 2. The molecule has 0 aliphatic rings. The molecule has 0 saturated heterocycles. The van der Waals surface area contributed by atoms with Gasteiger partial charge >= 0.3 is 5.69 Å². The first-order valence-corrected chi connectivity index (χ1v) is 6.26. The van der Waals surface area contributed by atoms with Gasteiger partial charge in [0, 0.05) is 12.4 Å². The van der Waals surface area contributed by atoms with E-state index in [1.807, 2.05) is 0 Å². The van der Waals surface area contributed by atoms with Crippen molar-refractivity contribution in [3.05, 3.63) is 61.2 Å². The van der Waals surface area contributed by atoms with Gasteiger partial charge < -0.3 is 9.99 Å². The Labute approximate surface area is 121 Å². The van der Waals surface area contributed by atoms with Crippen molar-refractivity contribution in [2.24, 2.45) is 5.84 Å². The first-order valence-electron chi connectivity index (χ1n) is 5.47. The maximum atomic E-state index is 11.6. The number of pyridine rings is 2. The lowest BCUT2D eigenvalue weighted by Crippen LogP contribution is -2.14. The van der Waals surface area contributed by atoms with E-state index in [2.05, 4.69) is 26.3 Å². The summed E-state index contributed by atoms with van der Waals surface area (Å²) in [6, 6.07) is 3.39. The Bertz CT molecular complexity index is 715. The molecule has 8 nitrogen and oxygen atoms in total. The van der Waals surface area contributed by atoms with E-state index in [1.165, 1.54) is 17.0 Å².